The van der Waals surface area contributed by atoms with E-state index in [2.05, 4.69) is 15.3 Å². The fourth-order valence-corrected chi connectivity index (χ4v) is 1.74. The molecule has 1 aromatic carbocycles. The van der Waals surface area contributed by atoms with Gasteiger partial charge in [-0.2, -0.15) is 4.98 Å². The molecule has 0 unspecified atom stereocenters. The molecule has 0 aliphatic rings. The van der Waals surface area contributed by atoms with Crippen molar-refractivity contribution in [2.24, 2.45) is 0 Å². The second kappa shape index (κ2) is 5.64. The van der Waals surface area contributed by atoms with E-state index in [0.29, 0.717) is 24.3 Å². The van der Waals surface area contributed by atoms with Crippen molar-refractivity contribution < 1.29 is 4.39 Å². The third-order valence-electron chi connectivity index (χ3n) is 2.37. The molecule has 1 heterocycles. The van der Waals surface area contributed by atoms with Crippen molar-refractivity contribution in [2.45, 2.75) is 6.42 Å². The first kappa shape index (κ1) is 12.6. The van der Waals surface area contributed by atoms with Crippen LogP contribution in [0.15, 0.2) is 30.3 Å². The van der Waals surface area contributed by atoms with Crippen LogP contribution in [0.3, 0.4) is 0 Å². The fourth-order valence-electron chi connectivity index (χ4n) is 1.55. The molecule has 3 N–H and O–H groups in total. The van der Waals surface area contributed by atoms with E-state index < -0.39 is 0 Å². The van der Waals surface area contributed by atoms with Gasteiger partial charge in [-0.05, 0) is 18.1 Å². The number of hydrogen-bond donors (Lipinski definition) is 2. The minimum atomic E-state index is -0.209. The summed E-state index contributed by atoms with van der Waals surface area (Å²) < 4.78 is 13.3. The van der Waals surface area contributed by atoms with Crippen LogP contribution < -0.4 is 11.1 Å². The highest BCUT2D eigenvalue weighted by molar-refractivity contribution is 6.29. The Labute approximate surface area is 109 Å². The Morgan fingerprint density at radius 2 is 2.06 bits per heavy atom. The number of nitrogens with zero attached hydrogens (tertiary/aromatic N) is 2. The van der Waals surface area contributed by atoms with E-state index in [1.807, 2.05) is 0 Å². The van der Waals surface area contributed by atoms with E-state index in [1.165, 1.54) is 6.07 Å². The van der Waals surface area contributed by atoms with Gasteiger partial charge in [0.15, 0.2) is 0 Å². The zero-order valence-electron chi connectivity index (χ0n) is 9.53. The number of rotatable bonds is 4. The van der Waals surface area contributed by atoms with Gasteiger partial charge in [0.05, 0.1) is 0 Å². The van der Waals surface area contributed by atoms with Gasteiger partial charge < -0.3 is 11.1 Å². The Morgan fingerprint density at radius 3 is 2.78 bits per heavy atom. The quantitative estimate of drug-likeness (QED) is 0.835. The Hall–Kier alpha value is -1.88. The maximum atomic E-state index is 13.3. The molecule has 0 saturated carbocycles. The summed E-state index contributed by atoms with van der Waals surface area (Å²) in [5.74, 6) is 0.430. The highest BCUT2D eigenvalue weighted by Gasteiger charge is 2.02. The highest BCUT2D eigenvalue weighted by Crippen LogP contribution is 2.13. The third-order valence-corrected chi connectivity index (χ3v) is 2.56. The van der Waals surface area contributed by atoms with Crippen molar-refractivity contribution in [1.29, 1.82) is 0 Å². The molecule has 0 aliphatic carbocycles. The van der Waals surface area contributed by atoms with E-state index in [1.54, 1.807) is 24.3 Å². The standard InChI is InChI=1S/C12H12ClFN4/c13-10-7-11(18-12(15)17-10)16-6-5-8-3-1-2-4-9(8)14/h1-4,7H,5-6H2,(H3,15,16,17,18). The van der Waals surface area contributed by atoms with Crippen LogP contribution >= 0.6 is 11.6 Å². The second-order valence-corrected chi connectivity index (χ2v) is 4.09. The van der Waals surface area contributed by atoms with E-state index >= 15 is 0 Å². The van der Waals surface area contributed by atoms with Crippen molar-refractivity contribution in [3.8, 4) is 0 Å². The fraction of sp³-hybridized carbons (Fsp3) is 0.167. The lowest BCUT2D eigenvalue weighted by Gasteiger charge is -2.07. The smallest absolute Gasteiger partial charge is 0.223 e. The van der Waals surface area contributed by atoms with Crippen LogP contribution in [0.5, 0.6) is 0 Å². The predicted molar refractivity (Wildman–Crippen MR) is 70.0 cm³/mol. The number of benzene rings is 1. The Bertz CT molecular complexity index is 527. The summed E-state index contributed by atoms with van der Waals surface area (Å²) in [6, 6.07) is 8.22. The van der Waals surface area contributed by atoms with E-state index in [9.17, 15) is 4.39 Å². The van der Waals surface area contributed by atoms with Crippen LogP contribution in [0.1, 0.15) is 5.56 Å². The van der Waals surface area contributed by atoms with Crippen LogP contribution in [-0.2, 0) is 6.42 Å². The Balaban J connectivity index is 1.94. The van der Waals surface area contributed by atoms with Crippen molar-refractivity contribution in [2.75, 3.05) is 17.6 Å². The molecular weight excluding hydrogens is 255 g/mol. The lowest BCUT2D eigenvalue weighted by Crippen LogP contribution is -2.08. The van der Waals surface area contributed by atoms with Gasteiger partial charge in [0, 0.05) is 12.6 Å². The molecule has 0 bridgehead atoms. The molecule has 4 nitrogen and oxygen atoms in total. The van der Waals surface area contributed by atoms with Gasteiger partial charge in [-0.3, -0.25) is 0 Å². The first-order valence-corrected chi connectivity index (χ1v) is 5.80. The molecule has 0 aliphatic heterocycles. The SMILES string of the molecule is Nc1nc(Cl)cc(NCCc2ccccc2F)n1. The van der Waals surface area contributed by atoms with E-state index in [0.717, 1.165) is 0 Å². The molecule has 2 aromatic rings. The third kappa shape index (κ3) is 3.30. The lowest BCUT2D eigenvalue weighted by molar-refractivity contribution is 0.610. The first-order chi connectivity index (χ1) is 8.65. The van der Waals surface area contributed by atoms with Gasteiger partial charge in [-0.15, -0.1) is 0 Å². The molecule has 0 amide bonds. The van der Waals surface area contributed by atoms with Gasteiger partial charge in [-0.1, -0.05) is 29.8 Å². The van der Waals surface area contributed by atoms with E-state index in [-0.39, 0.29) is 16.9 Å². The second-order valence-electron chi connectivity index (χ2n) is 3.70. The molecule has 0 radical (unpaired) electrons. The van der Waals surface area contributed by atoms with Crippen LogP contribution in [0.4, 0.5) is 16.2 Å². The molecule has 0 saturated heterocycles. The molecule has 1 aromatic heterocycles. The highest BCUT2D eigenvalue weighted by atomic mass is 35.5. The van der Waals surface area contributed by atoms with Crippen molar-refractivity contribution in [1.82, 2.24) is 9.97 Å². The predicted octanol–water partition coefficient (Wildman–Crippen LogP) is 2.51. The number of anilines is 2. The summed E-state index contributed by atoms with van der Waals surface area (Å²) in [5, 5.41) is 3.29. The first-order valence-electron chi connectivity index (χ1n) is 5.42. The number of nitrogens with one attached hydrogen (secondary N) is 1. The van der Waals surface area contributed by atoms with Gasteiger partial charge in [0.1, 0.15) is 16.8 Å². The molecule has 0 fully saturated rings. The molecule has 6 heteroatoms. The van der Waals surface area contributed by atoms with Crippen LogP contribution in [0, 0.1) is 5.82 Å². The van der Waals surface area contributed by atoms with Crippen molar-refractivity contribution in [3.05, 3.63) is 46.9 Å². The Kier molecular flexibility index (Phi) is 3.94. The summed E-state index contributed by atoms with van der Waals surface area (Å²) in [5.41, 5.74) is 6.11. The van der Waals surface area contributed by atoms with Crippen molar-refractivity contribution >= 4 is 23.4 Å². The van der Waals surface area contributed by atoms with Crippen LogP contribution in [0.2, 0.25) is 5.15 Å². The average molecular weight is 267 g/mol. The zero-order valence-corrected chi connectivity index (χ0v) is 10.3. The number of halogens is 2. The molecule has 94 valence electrons. The minimum Gasteiger partial charge on any atom is -0.370 e. The van der Waals surface area contributed by atoms with Crippen LogP contribution in [-0.4, -0.2) is 16.5 Å². The van der Waals surface area contributed by atoms with Crippen LogP contribution in [0.25, 0.3) is 0 Å². The summed E-state index contributed by atoms with van der Waals surface area (Å²) >= 11 is 5.74. The average Bonchev–Trinajstić information content (AvgIpc) is 2.30. The van der Waals surface area contributed by atoms with E-state index in [4.69, 9.17) is 17.3 Å². The largest absolute Gasteiger partial charge is 0.370 e. The van der Waals surface area contributed by atoms with Gasteiger partial charge in [0.2, 0.25) is 5.95 Å². The van der Waals surface area contributed by atoms with Gasteiger partial charge in [0.25, 0.3) is 0 Å². The molecular formula is C12H12ClFN4. The lowest BCUT2D eigenvalue weighted by atomic mass is 10.1. The van der Waals surface area contributed by atoms with Gasteiger partial charge in [-0.25, -0.2) is 9.37 Å². The molecule has 2 rings (SSSR count). The maximum Gasteiger partial charge on any atom is 0.223 e. The number of hydrogen-bond acceptors (Lipinski definition) is 4. The normalized spacial score (nSPS) is 10.3. The topological polar surface area (TPSA) is 63.8 Å². The maximum absolute atomic E-state index is 13.3. The van der Waals surface area contributed by atoms with Crippen molar-refractivity contribution in [3.63, 3.8) is 0 Å². The number of aromatic nitrogens is 2. The monoisotopic (exact) mass is 266 g/mol. The number of nitrogens with two attached hydrogens (primary N) is 1. The summed E-state index contributed by atoms with van der Waals surface area (Å²) in [6.45, 7) is 0.535. The molecule has 0 spiro atoms. The van der Waals surface area contributed by atoms with Gasteiger partial charge >= 0.3 is 0 Å². The summed E-state index contributed by atoms with van der Waals surface area (Å²) in [4.78, 5) is 7.71. The molecule has 18 heavy (non-hydrogen) atoms. The Morgan fingerprint density at radius 1 is 1.28 bits per heavy atom. The minimum absolute atomic E-state index is 0.107. The molecule has 0 atom stereocenters. The zero-order chi connectivity index (χ0) is 13.0. The summed E-state index contributed by atoms with van der Waals surface area (Å²) in [7, 11) is 0. The number of nitrogen functional groups attached to an aromatic ring is 1. The summed E-state index contributed by atoms with van der Waals surface area (Å²) in [6.07, 6.45) is 0.550.